The Bertz CT molecular complexity index is 1500. The van der Waals surface area contributed by atoms with Crippen molar-refractivity contribution in [2.75, 3.05) is 13.2 Å². The first-order chi connectivity index (χ1) is 26.2. The highest BCUT2D eigenvalue weighted by molar-refractivity contribution is 5.84. The van der Waals surface area contributed by atoms with Gasteiger partial charge in [-0.05, 0) is 67.5 Å². The number of amides is 2. The van der Waals surface area contributed by atoms with Crippen LogP contribution in [0, 0.1) is 5.92 Å². The summed E-state index contributed by atoms with van der Waals surface area (Å²) < 4.78 is 5.96. The fraction of sp³-hybridized carbons (Fsp3) is 0.595. The molecular formula is C42H62N6O6. The zero-order chi connectivity index (χ0) is 38.8. The number of H-pyrrole nitrogens is 1. The van der Waals surface area contributed by atoms with Crippen molar-refractivity contribution in [3.05, 3.63) is 48.5 Å². The molecule has 2 amide bonds. The molecule has 0 saturated carbocycles. The topological polar surface area (TPSA) is 176 Å². The Balaban J connectivity index is 1.08. The molecule has 1 aromatic heterocycles. The highest BCUT2D eigenvalue weighted by atomic mass is 16.5. The molecule has 0 spiro atoms. The number of unbranched alkanes of at least 4 members (excludes halogenated alkanes) is 13. The molecule has 3 rings (SSSR count). The highest BCUT2D eigenvalue weighted by Gasteiger charge is 2.21. The molecule has 296 valence electrons. The number of carbonyl (C=O) groups excluding carboxylic acids is 3. The summed E-state index contributed by atoms with van der Waals surface area (Å²) >= 11 is 0. The first kappa shape index (κ1) is 43.8. The van der Waals surface area contributed by atoms with Crippen LogP contribution in [0.4, 0.5) is 0 Å². The van der Waals surface area contributed by atoms with Crippen molar-refractivity contribution in [1.29, 1.82) is 0 Å². The number of hydrogen-bond acceptors (Lipinski definition) is 8. The van der Waals surface area contributed by atoms with Crippen LogP contribution in [-0.4, -0.2) is 68.5 Å². The summed E-state index contributed by atoms with van der Waals surface area (Å²) in [6.45, 7) is 4.71. The molecule has 0 aliphatic rings. The number of carboxylic acid groups (broad SMARTS) is 1. The molecular weight excluding hydrogens is 684 g/mol. The van der Waals surface area contributed by atoms with E-state index in [4.69, 9.17) is 4.74 Å². The Morgan fingerprint density at radius 2 is 1.24 bits per heavy atom. The Morgan fingerprint density at radius 3 is 1.80 bits per heavy atom. The van der Waals surface area contributed by atoms with Crippen LogP contribution in [0.2, 0.25) is 0 Å². The molecule has 12 heteroatoms. The zero-order valence-corrected chi connectivity index (χ0v) is 32.5. The molecule has 3 aromatic rings. The number of aromatic amines is 1. The van der Waals surface area contributed by atoms with Gasteiger partial charge in [-0.15, -0.1) is 10.2 Å². The number of aromatic nitrogens is 4. The summed E-state index contributed by atoms with van der Waals surface area (Å²) in [5.41, 5.74) is 3.17. The van der Waals surface area contributed by atoms with Gasteiger partial charge in [-0.3, -0.25) is 14.4 Å². The lowest BCUT2D eigenvalue weighted by molar-refractivity contribution is -0.142. The monoisotopic (exact) mass is 746 g/mol. The van der Waals surface area contributed by atoms with Crippen LogP contribution in [0.1, 0.15) is 136 Å². The summed E-state index contributed by atoms with van der Waals surface area (Å²) in [6, 6.07) is 15.2. The minimum atomic E-state index is -1.12. The number of aliphatic carboxylic acids is 1. The minimum Gasteiger partial charge on any atom is -0.494 e. The summed E-state index contributed by atoms with van der Waals surface area (Å²) in [5.74, 6) is 0.0498. The Kier molecular flexibility index (Phi) is 21.3. The average Bonchev–Trinajstić information content (AvgIpc) is 3.71. The van der Waals surface area contributed by atoms with Crippen molar-refractivity contribution in [1.82, 2.24) is 31.3 Å². The Hall–Kier alpha value is -4.61. The lowest BCUT2D eigenvalue weighted by Crippen LogP contribution is -2.41. The molecule has 54 heavy (non-hydrogen) atoms. The van der Waals surface area contributed by atoms with Crippen molar-refractivity contribution < 1.29 is 29.0 Å². The first-order valence-corrected chi connectivity index (χ1v) is 20.1. The maximum absolute atomic E-state index is 12.3. The Morgan fingerprint density at radius 1 is 0.685 bits per heavy atom. The normalized spacial score (nSPS) is 12.2. The number of Topliss-reactive ketones (excluding diaryl/α,β-unsaturated/α-hetero) is 1. The summed E-state index contributed by atoms with van der Waals surface area (Å²) in [5, 5.41) is 29.0. The van der Waals surface area contributed by atoms with Gasteiger partial charge in [0.1, 0.15) is 17.6 Å². The molecule has 1 heterocycles. The number of benzene rings is 2. The largest absolute Gasteiger partial charge is 0.494 e. The fourth-order valence-corrected chi connectivity index (χ4v) is 6.26. The third kappa shape index (κ3) is 18.4. The summed E-state index contributed by atoms with van der Waals surface area (Å²) in [6.07, 6.45) is 17.7. The predicted octanol–water partition coefficient (Wildman–Crippen LogP) is 8.24. The van der Waals surface area contributed by atoms with Gasteiger partial charge in [-0.1, -0.05) is 120 Å². The number of tetrazole rings is 1. The van der Waals surface area contributed by atoms with Crippen LogP contribution in [-0.2, 0) is 19.2 Å². The van der Waals surface area contributed by atoms with E-state index in [9.17, 15) is 24.3 Å². The SMILES string of the molecule is CC(=O)[C@@H](C)CCCCNC(=O)CCC(NC(=O)CCCCCCCCCCCCCCCOc1ccc(-c2ccc(-c3nn[nH]n3)cc2)cc1)C(=O)O. The second-order valence-electron chi connectivity index (χ2n) is 14.4. The van der Waals surface area contributed by atoms with Crippen molar-refractivity contribution in [3.8, 4) is 28.3 Å². The third-order valence-electron chi connectivity index (χ3n) is 9.87. The van der Waals surface area contributed by atoms with E-state index < -0.39 is 12.0 Å². The number of nitrogens with one attached hydrogen (secondary N) is 3. The number of ketones is 1. The number of hydrogen-bond donors (Lipinski definition) is 4. The van der Waals surface area contributed by atoms with Gasteiger partial charge in [0.05, 0.1) is 6.61 Å². The second kappa shape index (κ2) is 26.2. The number of carboxylic acids is 1. The van der Waals surface area contributed by atoms with Gasteiger partial charge in [0.2, 0.25) is 17.6 Å². The quantitative estimate of drug-likeness (QED) is 0.0490. The van der Waals surface area contributed by atoms with Crippen LogP contribution in [0.3, 0.4) is 0 Å². The van der Waals surface area contributed by atoms with Gasteiger partial charge in [0.25, 0.3) is 0 Å². The number of rotatable bonds is 30. The van der Waals surface area contributed by atoms with E-state index in [-0.39, 0.29) is 36.4 Å². The van der Waals surface area contributed by atoms with Crippen molar-refractivity contribution in [3.63, 3.8) is 0 Å². The molecule has 1 unspecified atom stereocenters. The van der Waals surface area contributed by atoms with Crippen LogP contribution in [0.5, 0.6) is 5.75 Å². The van der Waals surface area contributed by atoms with Crippen LogP contribution < -0.4 is 15.4 Å². The van der Waals surface area contributed by atoms with Gasteiger partial charge >= 0.3 is 5.97 Å². The fourth-order valence-electron chi connectivity index (χ4n) is 6.26. The van der Waals surface area contributed by atoms with E-state index >= 15 is 0 Å². The van der Waals surface area contributed by atoms with Gasteiger partial charge < -0.3 is 20.5 Å². The highest BCUT2D eigenvalue weighted by Crippen LogP contribution is 2.25. The lowest BCUT2D eigenvalue weighted by atomic mass is 10.0. The summed E-state index contributed by atoms with van der Waals surface area (Å²) in [4.78, 5) is 47.3. The van der Waals surface area contributed by atoms with Crippen molar-refractivity contribution >= 4 is 23.6 Å². The van der Waals surface area contributed by atoms with Gasteiger partial charge in [-0.25, -0.2) is 4.79 Å². The van der Waals surface area contributed by atoms with Crippen LogP contribution in [0.25, 0.3) is 22.5 Å². The molecule has 12 nitrogen and oxygen atoms in total. The van der Waals surface area contributed by atoms with Gasteiger partial charge in [0.15, 0.2) is 0 Å². The van der Waals surface area contributed by atoms with E-state index in [0.717, 1.165) is 80.4 Å². The van der Waals surface area contributed by atoms with Crippen molar-refractivity contribution in [2.45, 2.75) is 142 Å². The Labute approximate surface area is 321 Å². The molecule has 0 aliphatic heterocycles. The maximum Gasteiger partial charge on any atom is 0.326 e. The van der Waals surface area contributed by atoms with E-state index in [2.05, 4.69) is 55.5 Å². The van der Waals surface area contributed by atoms with Crippen LogP contribution >= 0.6 is 0 Å². The van der Waals surface area contributed by atoms with Gasteiger partial charge in [-0.2, -0.15) is 5.21 Å². The van der Waals surface area contributed by atoms with E-state index in [1.807, 2.05) is 31.2 Å². The second-order valence-corrected chi connectivity index (χ2v) is 14.4. The molecule has 4 N–H and O–H groups in total. The van der Waals surface area contributed by atoms with Crippen LogP contribution in [0.15, 0.2) is 48.5 Å². The lowest BCUT2D eigenvalue weighted by Gasteiger charge is -2.14. The van der Waals surface area contributed by atoms with E-state index in [1.54, 1.807) is 6.92 Å². The predicted molar refractivity (Wildman–Crippen MR) is 211 cm³/mol. The van der Waals surface area contributed by atoms with E-state index in [0.29, 0.717) is 18.8 Å². The number of ether oxygens (including phenoxy) is 1. The van der Waals surface area contributed by atoms with Crippen molar-refractivity contribution in [2.24, 2.45) is 5.92 Å². The standard InChI is InChI=1S/C42H62N6O6/c1-32(33(2)49)18-15-16-30-43-39(50)29-28-38(42(52)53)44-40(51)19-14-12-10-8-6-4-3-5-7-9-11-13-17-31-54-37-26-24-35(25-27-37)34-20-22-36(23-21-34)41-45-47-48-46-41/h20-27,32,38H,3-19,28-31H2,1-2H3,(H,43,50)(H,44,51)(H,52,53)(H,45,46,47,48)/t32-,38?/m0/s1. The zero-order valence-electron chi connectivity index (χ0n) is 32.5. The molecule has 0 radical (unpaired) electrons. The summed E-state index contributed by atoms with van der Waals surface area (Å²) in [7, 11) is 0. The third-order valence-corrected chi connectivity index (χ3v) is 9.87. The maximum atomic E-state index is 12.3. The molecule has 0 bridgehead atoms. The molecule has 0 fully saturated rings. The average molecular weight is 747 g/mol. The minimum absolute atomic E-state index is 0.0291. The molecule has 2 atom stereocenters. The van der Waals surface area contributed by atoms with Gasteiger partial charge in [0, 0.05) is 30.9 Å². The molecule has 0 saturated heterocycles. The first-order valence-electron chi connectivity index (χ1n) is 20.1. The molecule has 2 aromatic carbocycles. The number of carbonyl (C=O) groups is 4. The van der Waals surface area contributed by atoms with E-state index in [1.165, 1.54) is 51.4 Å². The molecule has 0 aliphatic carbocycles. The number of nitrogens with zero attached hydrogens (tertiary/aromatic N) is 3. The smallest absolute Gasteiger partial charge is 0.326 e.